The van der Waals surface area contributed by atoms with E-state index in [1.165, 1.54) is 84.7 Å². The summed E-state index contributed by atoms with van der Waals surface area (Å²) in [5, 5.41) is 21.0. The van der Waals surface area contributed by atoms with Crippen molar-refractivity contribution in [2.24, 2.45) is 0 Å². The monoisotopic (exact) mass is 1830 g/mol. The molecular formula is C80H72Cl2O6P2PdS7Sn2. The summed E-state index contributed by atoms with van der Waals surface area (Å²) in [6, 6.07) is 88.4. The Labute approximate surface area is 641 Å². The van der Waals surface area contributed by atoms with E-state index in [0.29, 0.717) is 16.7 Å². The molecule has 7 aromatic heterocycles. The van der Waals surface area contributed by atoms with Gasteiger partial charge in [0, 0.05) is 24.5 Å². The summed E-state index contributed by atoms with van der Waals surface area (Å²) in [7, 11) is 12.9. The summed E-state index contributed by atoms with van der Waals surface area (Å²) in [6.45, 7) is 0. The second-order valence-electron chi connectivity index (χ2n) is 24.3. The van der Waals surface area contributed by atoms with Crippen LogP contribution in [0.15, 0.2) is 270 Å². The Morgan fingerprint density at radius 3 is 0.900 bits per heavy atom. The molecule has 0 amide bonds. The number of carbonyl (C=O) groups excluding carboxylic acids is 3. The van der Waals surface area contributed by atoms with Crippen molar-refractivity contribution in [1.82, 2.24) is 0 Å². The van der Waals surface area contributed by atoms with Gasteiger partial charge in [-0.3, -0.25) is 0 Å². The van der Waals surface area contributed by atoms with Gasteiger partial charge in [0.2, 0.25) is 0 Å². The Morgan fingerprint density at radius 2 is 0.640 bits per heavy atom. The topological polar surface area (TPSA) is 78.9 Å². The molecule has 20 heteroatoms. The molecule has 8 aromatic carbocycles. The fourth-order valence-electron chi connectivity index (χ4n) is 10.5. The Hall–Kier alpha value is -5.19. The number of ether oxygens (including phenoxy) is 3. The average Bonchev–Trinajstić information content (AvgIpc) is 1.61. The van der Waals surface area contributed by atoms with E-state index in [4.69, 9.17) is 28.5 Å². The van der Waals surface area contributed by atoms with Crippen molar-refractivity contribution in [2.45, 2.75) is 29.6 Å². The van der Waals surface area contributed by atoms with Gasteiger partial charge >= 0.3 is 192 Å². The van der Waals surface area contributed by atoms with Gasteiger partial charge in [-0.05, 0) is 117 Å². The molecule has 0 aliphatic heterocycles. The van der Waals surface area contributed by atoms with Crippen molar-refractivity contribution in [3.05, 3.63) is 287 Å². The van der Waals surface area contributed by atoms with Crippen molar-refractivity contribution < 1.29 is 44.5 Å². The second-order valence-corrected chi connectivity index (χ2v) is 68.9. The van der Waals surface area contributed by atoms with E-state index in [1.807, 2.05) is 16.1 Å². The molecule has 7 heterocycles. The molecule has 0 spiro atoms. The summed E-state index contributed by atoms with van der Waals surface area (Å²) in [5.74, 6) is -0.894. The van der Waals surface area contributed by atoms with Crippen LogP contribution >= 0.6 is 114 Å². The van der Waals surface area contributed by atoms with Crippen LogP contribution in [-0.4, -0.2) is 76.0 Å². The minimum Gasteiger partial charge on any atom is -0.0622 e. The fraction of sp³-hybridized carbons (Fsp3) is 0.113. The number of esters is 3. The van der Waals surface area contributed by atoms with Gasteiger partial charge in [0.1, 0.15) is 0 Å². The first-order valence-corrected chi connectivity index (χ1v) is 64.1. The molecule has 100 heavy (non-hydrogen) atoms. The molecule has 0 aliphatic rings. The van der Waals surface area contributed by atoms with Crippen molar-refractivity contribution >= 4 is 247 Å². The molecule has 15 rings (SSSR count). The minimum absolute atomic E-state index is 0.106. The third-order valence-electron chi connectivity index (χ3n) is 15.4. The molecule has 0 saturated carbocycles. The number of halogens is 2. The zero-order chi connectivity index (χ0) is 70.8. The number of rotatable bonds is 13. The van der Waals surface area contributed by atoms with E-state index in [1.54, 1.807) is 74.7 Å². The molecule has 15 aromatic rings. The van der Waals surface area contributed by atoms with E-state index in [-0.39, 0.29) is 33.8 Å². The van der Waals surface area contributed by atoms with Crippen LogP contribution in [0.5, 0.6) is 0 Å². The molecule has 0 bridgehead atoms. The predicted molar refractivity (Wildman–Crippen MR) is 447 cm³/mol. The number of benzene rings is 8. The maximum atomic E-state index is 12.0. The number of methoxy groups -OCH3 is 3. The molecule has 0 saturated heterocycles. The molecule has 0 aliphatic carbocycles. The van der Waals surface area contributed by atoms with E-state index in [0.717, 1.165) is 39.7 Å². The molecule has 6 nitrogen and oxygen atoms in total. The summed E-state index contributed by atoms with van der Waals surface area (Å²) in [6.07, 6.45) is 0. The zero-order valence-electron chi connectivity index (χ0n) is 56.3. The van der Waals surface area contributed by atoms with Crippen molar-refractivity contribution in [2.75, 3.05) is 21.3 Å². The smallest absolute Gasteiger partial charge is 0.0134 e. The van der Waals surface area contributed by atoms with Gasteiger partial charge in [-0.25, -0.2) is 14.4 Å². The van der Waals surface area contributed by atoms with Crippen LogP contribution in [-0.2, 0) is 30.2 Å². The number of thiophene rings is 7. The molecule has 0 N–H and O–H groups in total. The van der Waals surface area contributed by atoms with Gasteiger partial charge < -0.3 is 14.2 Å². The molecule has 0 fully saturated rings. The predicted octanol–water partition coefficient (Wildman–Crippen LogP) is 22.2. The Balaban J connectivity index is 0.000000139. The largest absolute Gasteiger partial charge is 0.0622 e. The van der Waals surface area contributed by atoms with Gasteiger partial charge in [0.15, 0.2) is 0 Å². The SMILES string of the molecule is COC(=O)c1ccsc1.COC(=O)c1ccsc1-c1cc2cc3sc(-c4sccc4C(=O)OC)cc3cc2s1.[CH3][Sn]([CH3])([CH3])[c]1cc2cc3s[c]([Sn]([CH3])([CH3])[CH3])cc3cc2s1.[Cl][Pd][Cl].c1ccc(P(c2ccccc2)c2ccccc2)cc1.c1ccc(P(c2ccccc2)c2ccccc2)cc1. The van der Waals surface area contributed by atoms with E-state index in [9.17, 15) is 14.4 Å². The normalized spacial score (nSPS) is 11.1. The van der Waals surface area contributed by atoms with Crippen molar-refractivity contribution in [3.8, 4) is 19.5 Å². The Kier molecular flexibility index (Phi) is 29.0. The Morgan fingerprint density at radius 1 is 0.360 bits per heavy atom. The standard InChI is InChI=1S/C22H14O4S4.2C18H15P.C10H4S2.C6H6O2S.6CH3.2ClH.Pd.2Sn/c1-25-21(23)13-3-5-27-19(13)17-9-11-7-16-12(8-15(11)29-17)10-18(30-16)20-14(4-6-28-20)22(24)26-2;2*1-4-10-16(11-5-1)19(17-12-6-2-7-13-17)18-14-8-3-9-15-18;1-3-11-9-6-8-2-4-12-10(8)5-7(1)9;1-8-6(7)5-2-3-9-4-5;;;;;;;;;;;/h3-10H,1-2H3;2*1-15H;1-2,5-6H;2-4H,1H3;6*1H3;2*1H;;;/q;;;;;;;;;;;;;+2;;/p-2. The summed E-state index contributed by atoms with van der Waals surface area (Å²) < 4.78 is 23.0. The van der Waals surface area contributed by atoms with Gasteiger partial charge in [0.05, 0.1) is 47.8 Å². The molecule has 0 atom stereocenters. The molecule has 0 unspecified atom stereocenters. The van der Waals surface area contributed by atoms with Crippen LogP contribution in [0.2, 0.25) is 29.6 Å². The summed E-state index contributed by atoms with van der Waals surface area (Å²) in [4.78, 5) is 53.8. The first-order valence-electron chi connectivity index (χ1n) is 31.5. The van der Waals surface area contributed by atoms with Gasteiger partial charge in [-0.15, -0.1) is 45.3 Å². The first-order chi connectivity index (χ1) is 48.4. The second kappa shape index (κ2) is 37.5. The maximum Gasteiger partial charge on any atom is -0.0134 e. The van der Waals surface area contributed by atoms with Crippen LogP contribution in [0.25, 0.3) is 59.9 Å². The number of fused-ring (bicyclic) bond motifs is 4. The molecule has 512 valence electrons. The van der Waals surface area contributed by atoms with Crippen LogP contribution < -0.4 is 37.6 Å². The van der Waals surface area contributed by atoms with Gasteiger partial charge in [-0.2, -0.15) is 11.3 Å². The molecular weight excluding hydrogens is 1760 g/mol. The van der Waals surface area contributed by atoms with Crippen molar-refractivity contribution in [3.63, 3.8) is 0 Å². The number of hydrogen-bond acceptors (Lipinski definition) is 13. The minimum atomic E-state index is -1.91. The van der Waals surface area contributed by atoms with Crippen LogP contribution in [0, 0.1) is 0 Å². The fourth-order valence-corrected chi connectivity index (χ4v) is 32.7. The third kappa shape index (κ3) is 20.4. The number of carbonyl (C=O) groups is 3. The van der Waals surface area contributed by atoms with Crippen LogP contribution in [0.1, 0.15) is 31.1 Å². The summed E-state index contributed by atoms with van der Waals surface area (Å²) >= 11 is 8.07. The Bertz CT molecular complexity index is 4500. The van der Waals surface area contributed by atoms with E-state index >= 15 is 0 Å². The summed E-state index contributed by atoms with van der Waals surface area (Å²) in [5.41, 5.74) is 1.83. The first kappa shape index (κ1) is 77.4. The van der Waals surface area contributed by atoms with Gasteiger partial charge in [0.25, 0.3) is 0 Å². The average molecular weight is 1830 g/mol. The van der Waals surface area contributed by atoms with E-state index < -0.39 is 52.6 Å². The van der Waals surface area contributed by atoms with Gasteiger partial charge in [-0.1, -0.05) is 182 Å². The van der Waals surface area contributed by atoms with Crippen molar-refractivity contribution in [1.29, 1.82) is 0 Å². The quantitative estimate of drug-likeness (QED) is 0.0495. The van der Waals surface area contributed by atoms with Crippen LogP contribution in [0.3, 0.4) is 0 Å². The van der Waals surface area contributed by atoms with E-state index in [2.05, 4.69) is 288 Å². The zero-order valence-corrected chi connectivity index (χ0v) is 72.5. The maximum absolute atomic E-state index is 12.0. The third-order valence-corrected chi connectivity index (χ3v) is 46.4. The van der Waals surface area contributed by atoms with Crippen LogP contribution in [0.4, 0.5) is 0 Å². The molecule has 0 radical (unpaired) electrons. The number of hydrogen-bond donors (Lipinski definition) is 0.